The zero-order valence-corrected chi connectivity index (χ0v) is 14.0. The lowest BCUT2D eigenvalue weighted by Crippen LogP contribution is -2.46. The molecule has 0 saturated heterocycles. The molecule has 0 amide bonds. The maximum absolute atomic E-state index is 12.0. The molecule has 0 heterocycles. The molecule has 0 aliphatic rings. The van der Waals surface area contributed by atoms with Gasteiger partial charge in [-0.15, -0.1) is 0 Å². The van der Waals surface area contributed by atoms with Gasteiger partial charge in [-0.25, -0.2) is 17.9 Å². The molecule has 1 rings (SSSR count). The van der Waals surface area contributed by atoms with Gasteiger partial charge in [-0.2, -0.15) is 0 Å². The first-order chi connectivity index (χ1) is 10.2. The molecular formula is C14H20ClNO5S. The molecule has 1 aromatic carbocycles. The highest BCUT2D eigenvalue weighted by atomic mass is 35.5. The standard InChI is InChI=1S/C14H20ClNO5S/c1-3-21-14(18)13(17)10(2)16-22(19,20)8-7-11-5-4-6-12(15)9-11/h4-6,9-10,13,16-17H,3,7-8H2,1-2H3. The van der Waals surface area contributed by atoms with Crippen LogP contribution >= 0.6 is 11.6 Å². The Morgan fingerprint density at radius 1 is 1.45 bits per heavy atom. The summed E-state index contributed by atoms with van der Waals surface area (Å²) in [5.74, 6) is -1.03. The molecule has 0 saturated carbocycles. The molecule has 0 aromatic heterocycles. The summed E-state index contributed by atoms with van der Waals surface area (Å²) in [6.07, 6.45) is -1.26. The number of carbonyl (C=O) groups excluding carboxylic acids is 1. The second-order valence-corrected chi connectivity index (χ2v) is 7.11. The van der Waals surface area contributed by atoms with E-state index in [0.717, 1.165) is 5.56 Å². The number of benzene rings is 1. The van der Waals surface area contributed by atoms with Gasteiger partial charge >= 0.3 is 5.97 Å². The third-order valence-corrected chi connectivity index (χ3v) is 4.62. The molecule has 0 bridgehead atoms. The van der Waals surface area contributed by atoms with Crippen LogP contribution < -0.4 is 4.72 Å². The van der Waals surface area contributed by atoms with Crippen LogP contribution in [-0.4, -0.2) is 44.0 Å². The van der Waals surface area contributed by atoms with Gasteiger partial charge in [0, 0.05) is 5.02 Å². The Kier molecular flexibility index (Phi) is 7.28. The summed E-state index contributed by atoms with van der Waals surface area (Å²) >= 11 is 5.84. The third-order valence-electron chi connectivity index (χ3n) is 2.92. The Morgan fingerprint density at radius 2 is 2.14 bits per heavy atom. The van der Waals surface area contributed by atoms with E-state index in [2.05, 4.69) is 9.46 Å². The van der Waals surface area contributed by atoms with Crippen LogP contribution in [0.3, 0.4) is 0 Å². The molecule has 6 nitrogen and oxygen atoms in total. The van der Waals surface area contributed by atoms with Gasteiger partial charge in [-0.3, -0.25) is 0 Å². The van der Waals surface area contributed by atoms with Crippen molar-refractivity contribution in [1.82, 2.24) is 4.72 Å². The van der Waals surface area contributed by atoms with Crippen LogP contribution in [0.5, 0.6) is 0 Å². The van der Waals surface area contributed by atoms with Crippen molar-refractivity contribution in [3.63, 3.8) is 0 Å². The summed E-state index contributed by atoms with van der Waals surface area (Å²) in [5.41, 5.74) is 0.788. The fraction of sp³-hybridized carbons (Fsp3) is 0.500. The van der Waals surface area contributed by atoms with Crippen LogP contribution in [0.1, 0.15) is 19.4 Å². The summed E-state index contributed by atoms with van der Waals surface area (Å²) in [6.45, 7) is 3.12. The van der Waals surface area contributed by atoms with Crippen molar-refractivity contribution in [2.45, 2.75) is 32.4 Å². The minimum atomic E-state index is -3.65. The van der Waals surface area contributed by atoms with Crippen LogP contribution in [0, 0.1) is 0 Å². The lowest BCUT2D eigenvalue weighted by Gasteiger charge is -2.18. The van der Waals surface area contributed by atoms with Crippen molar-refractivity contribution in [1.29, 1.82) is 0 Å². The van der Waals surface area contributed by atoms with Gasteiger partial charge in [-0.1, -0.05) is 23.7 Å². The number of nitrogens with one attached hydrogen (secondary N) is 1. The lowest BCUT2D eigenvalue weighted by atomic mass is 10.2. The number of aliphatic hydroxyl groups is 1. The molecular weight excluding hydrogens is 330 g/mol. The van der Waals surface area contributed by atoms with Crippen LogP contribution in [0.25, 0.3) is 0 Å². The van der Waals surface area contributed by atoms with E-state index in [-0.39, 0.29) is 18.8 Å². The van der Waals surface area contributed by atoms with E-state index >= 15 is 0 Å². The molecule has 2 N–H and O–H groups in total. The summed E-state index contributed by atoms with van der Waals surface area (Å²) in [7, 11) is -3.65. The molecule has 1 aromatic rings. The first-order valence-electron chi connectivity index (χ1n) is 6.84. The lowest BCUT2D eigenvalue weighted by molar-refractivity contribution is -0.154. The summed E-state index contributed by atoms with van der Waals surface area (Å²) < 4.78 is 30.9. The minimum absolute atomic E-state index is 0.115. The highest BCUT2D eigenvalue weighted by Gasteiger charge is 2.27. The SMILES string of the molecule is CCOC(=O)C(O)C(C)NS(=O)(=O)CCc1cccc(Cl)c1. The van der Waals surface area contributed by atoms with Gasteiger partial charge in [0.05, 0.1) is 18.4 Å². The van der Waals surface area contributed by atoms with E-state index in [1.165, 1.54) is 6.92 Å². The second kappa shape index (κ2) is 8.47. The summed E-state index contributed by atoms with van der Waals surface area (Å²) in [4.78, 5) is 11.4. The predicted molar refractivity (Wildman–Crippen MR) is 84.2 cm³/mol. The number of carbonyl (C=O) groups is 1. The van der Waals surface area contributed by atoms with E-state index in [1.54, 1.807) is 31.2 Å². The molecule has 0 aliphatic heterocycles. The fourth-order valence-corrected chi connectivity index (χ4v) is 3.31. The van der Waals surface area contributed by atoms with Gasteiger partial charge < -0.3 is 9.84 Å². The normalized spacial score (nSPS) is 14.4. The van der Waals surface area contributed by atoms with E-state index in [9.17, 15) is 18.3 Å². The molecule has 124 valence electrons. The Labute approximate surface area is 135 Å². The van der Waals surface area contributed by atoms with Crippen LogP contribution in [0.4, 0.5) is 0 Å². The third kappa shape index (κ3) is 6.31. The largest absolute Gasteiger partial charge is 0.464 e. The number of rotatable bonds is 8. The van der Waals surface area contributed by atoms with Crippen molar-refractivity contribution < 1.29 is 23.1 Å². The Hall–Kier alpha value is -1.15. The predicted octanol–water partition coefficient (Wildman–Crippen LogP) is 1.11. The minimum Gasteiger partial charge on any atom is -0.464 e. The van der Waals surface area contributed by atoms with E-state index in [0.29, 0.717) is 5.02 Å². The molecule has 8 heteroatoms. The van der Waals surface area contributed by atoms with E-state index in [1.807, 2.05) is 0 Å². The van der Waals surface area contributed by atoms with Crippen LogP contribution in [0.2, 0.25) is 5.02 Å². The highest BCUT2D eigenvalue weighted by molar-refractivity contribution is 7.89. The first kappa shape index (κ1) is 18.9. The molecule has 2 atom stereocenters. The second-order valence-electron chi connectivity index (χ2n) is 4.80. The van der Waals surface area contributed by atoms with Gasteiger partial charge in [0.25, 0.3) is 0 Å². The van der Waals surface area contributed by atoms with Crippen molar-refractivity contribution in [3.05, 3.63) is 34.9 Å². The zero-order valence-electron chi connectivity index (χ0n) is 12.5. The maximum Gasteiger partial charge on any atom is 0.336 e. The molecule has 2 unspecified atom stereocenters. The van der Waals surface area contributed by atoms with Gasteiger partial charge in [0.1, 0.15) is 0 Å². The van der Waals surface area contributed by atoms with Gasteiger partial charge in [-0.05, 0) is 38.0 Å². The average Bonchev–Trinajstić information content (AvgIpc) is 2.44. The average molecular weight is 350 g/mol. The number of sulfonamides is 1. The van der Waals surface area contributed by atoms with Crippen molar-refractivity contribution in [2.75, 3.05) is 12.4 Å². The van der Waals surface area contributed by atoms with Gasteiger partial charge in [0.15, 0.2) is 6.10 Å². The number of hydrogen-bond donors (Lipinski definition) is 2. The van der Waals surface area contributed by atoms with Gasteiger partial charge in [0.2, 0.25) is 10.0 Å². The van der Waals surface area contributed by atoms with Crippen molar-refractivity contribution >= 4 is 27.6 Å². The van der Waals surface area contributed by atoms with E-state index in [4.69, 9.17) is 11.6 Å². The van der Waals surface area contributed by atoms with Crippen LogP contribution in [0.15, 0.2) is 24.3 Å². The number of esters is 1. The Morgan fingerprint density at radius 3 is 2.73 bits per heavy atom. The smallest absolute Gasteiger partial charge is 0.336 e. The van der Waals surface area contributed by atoms with Crippen molar-refractivity contribution in [3.8, 4) is 0 Å². The van der Waals surface area contributed by atoms with Crippen molar-refractivity contribution in [2.24, 2.45) is 0 Å². The number of aliphatic hydroxyl groups excluding tert-OH is 1. The number of halogens is 1. The van der Waals surface area contributed by atoms with E-state index < -0.39 is 28.1 Å². The fourth-order valence-electron chi connectivity index (χ4n) is 1.78. The quantitative estimate of drug-likeness (QED) is 0.686. The number of ether oxygens (including phenoxy) is 1. The summed E-state index contributed by atoms with van der Waals surface area (Å²) in [5, 5.41) is 10.2. The topological polar surface area (TPSA) is 92.7 Å². The molecule has 0 spiro atoms. The maximum atomic E-state index is 12.0. The van der Waals surface area contributed by atoms with Crippen LogP contribution in [-0.2, 0) is 26.0 Å². The molecule has 0 radical (unpaired) electrons. The molecule has 0 aliphatic carbocycles. The molecule has 22 heavy (non-hydrogen) atoms. The zero-order chi connectivity index (χ0) is 16.8. The Bertz CT molecular complexity index is 605. The first-order valence-corrected chi connectivity index (χ1v) is 8.87. The summed E-state index contributed by atoms with van der Waals surface area (Å²) in [6, 6.07) is 5.94. The highest BCUT2D eigenvalue weighted by Crippen LogP contribution is 2.11. The number of hydrogen-bond acceptors (Lipinski definition) is 5. The number of aryl methyl sites for hydroxylation is 1. The monoisotopic (exact) mass is 349 g/mol. The molecule has 0 fully saturated rings. The Balaban J connectivity index is 2.58.